The topological polar surface area (TPSA) is 50.7 Å². The average Bonchev–Trinajstić information content (AvgIpc) is 2.68. The molecule has 4 rings (SSSR count). The van der Waals surface area contributed by atoms with Gasteiger partial charge in [-0.15, -0.1) is 0 Å². The van der Waals surface area contributed by atoms with Crippen molar-refractivity contribution in [3.8, 4) is 22.5 Å². The number of fused-ring (bicyclic) bond motifs is 1. The molecule has 0 atom stereocenters. The summed E-state index contributed by atoms with van der Waals surface area (Å²) in [4.78, 5) is 13.6. The van der Waals surface area contributed by atoms with Gasteiger partial charge < -0.3 is 5.32 Å². The number of nitrogens with one attached hydrogen (secondary N) is 1. The van der Waals surface area contributed by atoms with Crippen LogP contribution in [0.15, 0.2) is 67.0 Å². The minimum absolute atomic E-state index is 0.675. The van der Waals surface area contributed by atoms with Crippen LogP contribution in [0.3, 0.4) is 0 Å². The van der Waals surface area contributed by atoms with Crippen LogP contribution < -0.4 is 5.32 Å². The number of pyridine rings is 1. The first-order valence-corrected chi connectivity index (χ1v) is 8.22. The fourth-order valence-corrected chi connectivity index (χ4v) is 3.01. The largest absolute Gasteiger partial charge is 0.373 e. The molecule has 2 heterocycles. The van der Waals surface area contributed by atoms with Gasteiger partial charge in [0.1, 0.15) is 5.82 Å². The number of aryl methyl sites for hydroxylation is 1. The smallest absolute Gasteiger partial charge is 0.163 e. The molecule has 0 saturated carbocycles. The van der Waals surface area contributed by atoms with E-state index in [4.69, 9.17) is 4.98 Å². The number of hydrogen-bond acceptors (Lipinski definition) is 4. The molecule has 0 amide bonds. The molecular formula is C21H18N4. The van der Waals surface area contributed by atoms with Crippen molar-refractivity contribution in [2.24, 2.45) is 0 Å². The second kappa shape index (κ2) is 6.32. The summed E-state index contributed by atoms with van der Waals surface area (Å²) >= 11 is 0. The van der Waals surface area contributed by atoms with Crippen LogP contribution >= 0.6 is 0 Å². The summed E-state index contributed by atoms with van der Waals surface area (Å²) in [6.07, 6.45) is 3.53. The van der Waals surface area contributed by atoms with E-state index in [0.29, 0.717) is 5.82 Å². The van der Waals surface area contributed by atoms with Gasteiger partial charge in [0.05, 0.1) is 5.52 Å². The quantitative estimate of drug-likeness (QED) is 0.592. The van der Waals surface area contributed by atoms with Gasteiger partial charge in [0, 0.05) is 30.4 Å². The number of benzene rings is 2. The number of nitrogens with zero attached hydrogens (tertiary/aromatic N) is 3. The van der Waals surface area contributed by atoms with Gasteiger partial charge in [-0.05, 0) is 47.9 Å². The van der Waals surface area contributed by atoms with Crippen molar-refractivity contribution in [3.63, 3.8) is 0 Å². The zero-order chi connectivity index (χ0) is 17.2. The first-order valence-electron chi connectivity index (χ1n) is 8.22. The third-order valence-corrected chi connectivity index (χ3v) is 4.31. The lowest BCUT2D eigenvalue weighted by molar-refractivity contribution is 1.20. The van der Waals surface area contributed by atoms with Crippen LogP contribution in [-0.2, 0) is 0 Å². The van der Waals surface area contributed by atoms with Crippen molar-refractivity contribution in [3.05, 3.63) is 72.6 Å². The fourth-order valence-electron chi connectivity index (χ4n) is 3.01. The highest BCUT2D eigenvalue weighted by Crippen LogP contribution is 2.30. The molecule has 4 nitrogen and oxygen atoms in total. The molecule has 4 heteroatoms. The van der Waals surface area contributed by atoms with Crippen LogP contribution in [0.5, 0.6) is 0 Å². The van der Waals surface area contributed by atoms with Crippen molar-refractivity contribution >= 4 is 16.7 Å². The summed E-state index contributed by atoms with van der Waals surface area (Å²) in [5, 5.41) is 4.21. The molecule has 2 aromatic heterocycles. The lowest BCUT2D eigenvalue weighted by Crippen LogP contribution is -1.99. The van der Waals surface area contributed by atoms with Crippen LogP contribution in [0.4, 0.5) is 5.82 Å². The Morgan fingerprint density at radius 3 is 2.52 bits per heavy atom. The predicted octanol–water partition coefficient (Wildman–Crippen LogP) is 4.71. The van der Waals surface area contributed by atoms with Gasteiger partial charge in [0.15, 0.2) is 5.82 Å². The fraction of sp³-hybridized carbons (Fsp3) is 0.0952. The number of hydrogen-bond donors (Lipinski definition) is 1. The predicted molar refractivity (Wildman–Crippen MR) is 102 cm³/mol. The first-order chi connectivity index (χ1) is 12.3. The van der Waals surface area contributed by atoms with E-state index in [9.17, 15) is 0 Å². The minimum atomic E-state index is 0.675. The lowest BCUT2D eigenvalue weighted by atomic mass is 9.99. The van der Waals surface area contributed by atoms with Gasteiger partial charge in [-0.1, -0.05) is 30.3 Å². The average molecular weight is 326 g/mol. The summed E-state index contributed by atoms with van der Waals surface area (Å²) in [6.45, 7) is 2.13. The highest BCUT2D eigenvalue weighted by molar-refractivity contribution is 5.94. The maximum Gasteiger partial charge on any atom is 0.163 e. The first kappa shape index (κ1) is 15.3. The Balaban J connectivity index is 1.90. The maximum atomic E-state index is 4.72. The van der Waals surface area contributed by atoms with Gasteiger partial charge in [-0.25, -0.2) is 9.97 Å². The Morgan fingerprint density at radius 2 is 1.76 bits per heavy atom. The SMILES string of the molecule is CNc1nc(-c2cccnc2)nc2ccc(-c3ccccc3C)cc12. The molecule has 0 aliphatic carbocycles. The van der Waals surface area contributed by atoms with Crippen molar-refractivity contribution in [1.82, 2.24) is 15.0 Å². The van der Waals surface area contributed by atoms with Crippen LogP contribution in [-0.4, -0.2) is 22.0 Å². The Hall–Kier alpha value is -3.27. The zero-order valence-electron chi connectivity index (χ0n) is 14.2. The Morgan fingerprint density at radius 1 is 0.880 bits per heavy atom. The van der Waals surface area contributed by atoms with Crippen LogP contribution in [0.1, 0.15) is 5.56 Å². The number of anilines is 1. The molecule has 0 radical (unpaired) electrons. The van der Waals surface area contributed by atoms with Crippen molar-refractivity contribution in [2.75, 3.05) is 12.4 Å². The molecule has 2 aromatic carbocycles. The zero-order valence-corrected chi connectivity index (χ0v) is 14.2. The summed E-state index contributed by atoms with van der Waals surface area (Å²) in [5.41, 5.74) is 5.46. The van der Waals surface area contributed by atoms with Crippen molar-refractivity contribution in [1.29, 1.82) is 0 Å². The normalized spacial score (nSPS) is 10.8. The van der Waals surface area contributed by atoms with Crippen molar-refractivity contribution < 1.29 is 0 Å². The second-order valence-corrected chi connectivity index (χ2v) is 5.93. The van der Waals surface area contributed by atoms with Gasteiger partial charge in [0.2, 0.25) is 0 Å². The molecule has 0 bridgehead atoms. The third kappa shape index (κ3) is 2.83. The maximum absolute atomic E-state index is 4.72. The van der Waals surface area contributed by atoms with Gasteiger partial charge in [-0.2, -0.15) is 0 Å². The lowest BCUT2D eigenvalue weighted by Gasteiger charge is -2.11. The van der Waals surface area contributed by atoms with E-state index in [-0.39, 0.29) is 0 Å². The highest BCUT2D eigenvalue weighted by atomic mass is 15.0. The molecule has 25 heavy (non-hydrogen) atoms. The molecule has 0 unspecified atom stereocenters. The van der Waals surface area contributed by atoms with E-state index < -0.39 is 0 Å². The summed E-state index contributed by atoms with van der Waals surface area (Å²) in [7, 11) is 1.88. The van der Waals surface area contributed by atoms with Crippen LogP contribution in [0.25, 0.3) is 33.4 Å². The molecule has 4 aromatic rings. The van der Waals surface area contributed by atoms with Gasteiger partial charge in [0.25, 0.3) is 0 Å². The van der Waals surface area contributed by atoms with E-state index >= 15 is 0 Å². The van der Waals surface area contributed by atoms with Crippen LogP contribution in [0, 0.1) is 6.92 Å². The molecule has 122 valence electrons. The Labute approximate surface area is 146 Å². The molecule has 0 aliphatic heterocycles. The van der Waals surface area contributed by atoms with Crippen molar-refractivity contribution in [2.45, 2.75) is 6.92 Å². The minimum Gasteiger partial charge on any atom is -0.373 e. The Kier molecular flexibility index (Phi) is 3.86. The summed E-state index contributed by atoms with van der Waals surface area (Å²) < 4.78 is 0. The van der Waals surface area contributed by atoms with E-state index in [0.717, 1.165) is 22.3 Å². The summed E-state index contributed by atoms with van der Waals surface area (Å²) in [6, 6.07) is 18.6. The molecule has 1 N–H and O–H groups in total. The third-order valence-electron chi connectivity index (χ3n) is 4.31. The standard InChI is InChI=1S/C21H18N4/c1-14-6-3-4-8-17(14)15-9-10-19-18(12-15)21(22-2)25-20(24-19)16-7-5-11-23-13-16/h3-13H,1-2H3,(H,22,24,25). The summed E-state index contributed by atoms with van der Waals surface area (Å²) in [5.74, 6) is 1.49. The molecule has 0 saturated heterocycles. The van der Waals surface area contributed by atoms with E-state index in [1.807, 2.05) is 19.2 Å². The van der Waals surface area contributed by atoms with E-state index in [1.54, 1.807) is 12.4 Å². The van der Waals surface area contributed by atoms with E-state index in [1.165, 1.54) is 16.7 Å². The Bertz CT molecular complexity index is 1040. The van der Waals surface area contributed by atoms with Gasteiger partial charge in [-0.3, -0.25) is 4.98 Å². The van der Waals surface area contributed by atoms with Crippen LogP contribution in [0.2, 0.25) is 0 Å². The molecule has 0 spiro atoms. The molecule has 0 aliphatic rings. The molecular weight excluding hydrogens is 308 g/mol. The number of rotatable bonds is 3. The molecule has 0 fully saturated rings. The monoisotopic (exact) mass is 326 g/mol. The van der Waals surface area contributed by atoms with E-state index in [2.05, 4.69) is 64.7 Å². The van der Waals surface area contributed by atoms with Gasteiger partial charge >= 0.3 is 0 Å². The number of aromatic nitrogens is 3. The highest BCUT2D eigenvalue weighted by Gasteiger charge is 2.10. The second-order valence-electron chi connectivity index (χ2n) is 5.93.